The van der Waals surface area contributed by atoms with Gasteiger partial charge in [0, 0.05) is 30.2 Å². The van der Waals surface area contributed by atoms with Gasteiger partial charge in [0.1, 0.15) is 6.10 Å². The Morgan fingerprint density at radius 1 is 1.07 bits per heavy atom. The van der Waals surface area contributed by atoms with E-state index in [-0.39, 0.29) is 12.0 Å². The molecule has 4 rings (SSSR count). The Labute approximate surface area is 163 Å². The number of pyridine rings is 1. The van der Waals surface area contributed by atoms with Gasteiger partial charge in [0.05, 0.1) is 17.8 Å². The number of hydrogen-bond donors (Lipinski definition) is 0. The second-order valence-electron chi connectivity index (χ2n) is 6.69. The van der Waals surface area contributed by atoms with Crippen LogP contribution in [0.25, 0.3) is 10.9 Å². The van der Waals surface area contributed by atoms with Crippen LogP contribution in [0.1, 0.15) is 12.0 Å². The molecule has 27 heavy (non-hydrogen) atoms. The number of aromatic nitrogens is 1. The van der Waals surface area contributed by atoms with Crippen molar-refractivity contribution in [2.75, 3.05) is 18.8 Å². The van der Waals surface area contributed by atoms with E-state index < -0.39 is 0 Å². The maximum absolute atomic E-state index is 12.4. The lowest BCUT2D eigenvalue weighted by Gasteiger charge is -2.17. The molecule has 3 aromatic rings. The zero-order valence-corrected chi connectivity index (χ0v) is 15.9. The zero-order chi connectivity index (χ0) is 18.5. The van der Waals surface area contributed by atoms with E-state index in [0.717, 1.165) is 29.6 Å². The highest BCUT2D eigenvalue weighted by atomic mass is 32.2. The number of amides is 1. The van der Waals surface area contributed by atoms with Crippen LogP contribution in [-0.4, -0.2) is 40.7 Å². The van der Waals surface area contributed by atoms with Gasteiger partial charge < -0.3 is 9.64 Å². The predicted octanol–water partition coefficient (Wildman–Crippen LogP) is 4.15. The number of rotatable bonds is 6. The first-order valence-corrected chi connectivity index (χ1v) is 10.4. The van der Waals surface area contributed by atoms with Gasteiger partial charge in [-0.05, 0) is 17.7 Å². The first-order valence-electron chi connectivity index (χ1n) is 9.20. The minimum absolute atomic E-state index is 0.0155. The molecular formula is C22H22N2O2S. The van der Waals surface area contributed by atoms with Crippen molar-refractivity contribution in [1.29, 1.82) is 0 Å². The van der Waals surface area contributed by atoms with E-state index in [4.69, 9.17) is 4.74 Å². The van der Waals surface area contributed by atoms with Crippen LogP contribution in [0.5, 0.6) is 5.88 Å². The SMILES string of the molecule is O=C(CSCc1ccccc1)N1CCC(Oc2ccc3ccccc3n2)C1. The van der Waals surface area contributed by atoms with E-state index in [1.54, 1.807) is 11.8 Å². The Morgan fingerprint density at radius 2 is 1.89 bits per heavy atom. The number of para-hydroxylation sites is 1. The fourth-order valence-electron chi connectivity index (χ4n) is 3.26. The third-order valence-electron chi connectivity index (χ3n) is 4.70. The highest BCUT2D eigenvalue weighted by Crippen LogP contribution is 2.21. The van der Waals surface area contributed by atoms with Crippen LogP contribution in [0.3, 0.4) is 0 Å². The van der Waals surface area contributed by atoms with Crippen LogP contribution in [0.4, 0.5) is 0 Å². The molecule has 1 unspecified atom stereocenters. The lowest BCUT2D eigenvalue weighted by Crippen LogP contribution is -2.32. The number of ether oxygens (including phenoxy) is 1. The number of fused-ring (bicyclic) bond motifs is 1. The van der Waals surface area contributed by atoms with Gasteiger partial charge in [-0.2, -0.15) is 0 Å². The normalized spacial score (nSPS) is 16.6. The van der Waals surface area contributed by atoms with Crippen molar-refractivity contribution in [3.8, 4) is 5.88 Å². The molecule has 1 atom stereocenters. The number of nitrogens with zero attached hydrogens (tertiary/aromatic N) is 2. The molecule has 2 heterocycles. The minimum atomic E-state index is 0.0155. The molecule has 1 saturated heterocycles. The van der Waals surface area contributed by atoms with Crippen LogP contribution >= 0.6 is 11.8 Å². The topological polar surface area (TPSA) is 42.4 Å². The maximum atomic E-state index is 12.4. The molecule has 1 fully saturated rings. The smallest absolute Gasteiger partial charge is 0.232 e. The molecule has 4 nitrogen and oxygen atoms in total. The fourth-order valence-corrected chi connectivity index (χ4v) is 4.14. The molecule has 0 saturated carbocycles. The second-order valence-corrected chi connectivity index (χ2v) is 7.67. The third-order valence-corrected chi connectivity index (χ3v) is 5.68. The maximum Gasteiger partial charge on any atom is 0.232 e. The van der Waals surface area contributed by atoms with Crippen molar-refractivity contribution < 1.29 is 9.53 Å². The lowest BCUT2D eigenvalue weighted by atomic mass is 10.2. The Hall–Kier alpha value is -2.53. The predicted molar refractivity (Wildman–Crippen MR) is 110 cm³/mol. The van der Waals surface area contributed by atoms with Crippen LogP contribution in [0.2, 0.25) is 0 Å². The van der Waals surface area contributed by atoms with Gasteiger partial charge in [-0.25, -0.2) is 4.98 Å². The van der Waals surface area contributed by atoms with Crippen molar-refractivity contribution in [1.82, 2.24) is 9.88 Å². The summed E-state index contributed by atoms with van der Waals surface area (Å²) in [6.45, 7) is 1.39. The second kappa shape index (κ2) is 8.44. The van der Waals surface area contributed by atoms with Crippen molar-refractivity contribution >= 4 is 28.6 Å². The van der Waals surface area contributed by atoms with Crippen LogP contribution < -0.4 is 4.74 Å². The molecule has 0 radical (unpaired) electrons. The number of thioether (sulfide) groups is 1. The van der Waals surface area contributed by atoms with Crippen molar-refractivity contribution in [3.63, 3.8) is 0 Å². The van der Waals surface area contributed by atoms with Crippen LogP contribution in [-0.2, 0) is 10.5 Å². The Bertz CT molecular complexity index is 916. The molecule has 138 valence electrons. The highest BCUT2D eigenvalue weighted by Gasteiger charge is 2.27. The number of benzene rings is 2. The summed E-state index contributed by atoms with van der Waals surface area (Å²) in [5.41, 5.74) is 2.18. The van der Waals surface area contributed by atoms with E-state index in [9.17, 15) is 4.79 Å². The summed E-state index contributed by atoms with van der Waals surface area (Å²) >= 11 is 1.66. The molecule has 2 aromatic carbocycles. The summed E-state index contributed by atoms with van der Waals surface area (Å²) in [6, 6.07) is 22.2. The first kappa shape index (κ1) is 17.9. The van der Waals surface area contributed by atoms with Crippen molar-refractivity contribution in [3.05, 3.63) is 72.3 Å². The van der Waals surface area contributed by atoms with E-state index >= 15 is 0 Å². The molecule has 0 spiro atoms. The molecule has 1 aliphatic heterocycles. The molecule has 0 N–H and O–H groups in total. The van der Waals surface area contributed by atoms with Gasteiger partial charge in [-0.15, -0.1) is 11.8 Å². The Balaban J connectivity index is 1.27. The lowest BCUT2D eigenvalue weighted by molar-refractivity contribution is -0.127. The van der Waals surface area contributed by atoms with E-state index in [1.807, 2.05) is 59.5 Å². The van der Waals surface area contributed by atoms with E-state index in [0.29, 0.717) is 18.2 Å². The van der Waals surface area contributed by atoms with Crippen molar-refractivity contribution in [2.24, 2.45) is 0 Å². The molecule has 1 aromatic heterocycles. The van der Waals surface area contributed by atoms with Gasteiger partial charge in [0.25, 0.3) is 0 Å². The zero-order valence-electron chi connectivity index (χ0n) is 15.1. The molecule has 5 heteroatoms. The number of hydrogen-bond acceptors (Lipinski definition) is 4. The van der Waals surface area contributed by atoms with Gasteiger partial charge >= 0.3 is 0 Å². The summed E-state index contributed by atoms with van der Waals surface area (Å²) in [4.78, 5) is 18.9. The largest absolute Gasteiger partial charge is 0.472 e. The molecule has 0 bridgehead atoms. The van der Waals surface area contributed by atoms with Gasteiger partial charge in [0.2, 0.25) is 11.8 Å². The number of carbonyl (C=O) groups excluding carboxylic acids is 1. The quantitative estimate of drug-likeness (QED) is 0.646. The van der Waals surface area contributed by atoms with E-state index in [2.05, 4.69) is 17.1 Å². The van der Waals surface area contributed by atoms with Crippen LogP contribution in [0.15, 0.2) is 66.7 Å². The summed E-state index contributed by atoms with van der Waals surface area (Å²) in [5.74, 6) is 2.19. The van der Waals surface area contributed by atoms with E-state index in [1.165, 1.54) is 5.56 Å². The summed E-state index contributed by atoms with van der Waals surface area (Å²) in [6.07, 6.45) is 0.866. The average molecular weight is 378 g/mol. The third kappa shape index (κ3) is 4.61. The van der Waals surface area contributed by atoms with Gasteiger partial charge in [-0.1, -0.05) is 48.5 Å². The van der Waals surface area contributed by atoms with Crippen LogP contribution in [0, 0.1) is 0 Å². The van der Waals surface area contributed by atoms with Crippen molar-refractivity contribution in [2.45, 2.75) is 18.3 Å². The standard InChI is InChI=1S/C22H22N2O2S/c25-22(16-27-15-17-6-2-1-3-7-17)24-13-12-19(14-24)26-21-11-10-18-8-4-5-9-20(18)23-21/h1-11,19H,12-16H2. The molecule has 1 amide bonds. The number of likely N-dealkylation sites (tertiary alicyclic amines) is 1. The summed E-state index contributed by atoms with van der Waals surface area (Å²) < 4.78 is 6.03. The Morgan fingerprint density at radius 3 is 2.78 bits per heavy atom. The molecular weight excluding hydrogens is 356 g/mol. The molecule has 0 aliphatic carbocycles. The minimum Gasteiger partial charge on any atom is -0.472 e. The summed E-state index contributed by atoms with van der Waals surface area (Å²) in [7, 11) is 0. The Kier molecular flexibility index (Phi) is 5.58. The van der Waals surface area contributed by atoms with Gasteiger partial charge in [-0.3, -0.25) is 4.79 Å². The first-order chi connectivity index (χ1) is 13.3. The van der Waals surface area contributed by atoms with Gasteiger partial charge in [0.15, 0.2) is 0 Å². The summed E-state index contributed by atoms with van der Waals surface area (Å²) in [5, 5.41) is 1.10. The fraction of sp³-hybridized carbons (Fsp3) is 0.273. The molecule has 1 aliphatic rings. The highest BCUT2D eigenvalue weighted by molar-refractivity contribution is 7.99. The number of carbonyl (C=O) groups is 1. The average Bonchev–Trinajstić information content (AvgIpc) is 3.17. The monoisotopic (exact) mass is 378 g/mol.